The average molecular weight is 171 g/mol. The highest BCUT2D eigenvalue weighted by Gasteiger charge is 2.15. The predicted octanol–water partition coefficient (Wildman–Crippen LogP) is 2.11. The third-order valence-electron chi connectivity index (χ3n) is 1.33. The number of allylic oxidation sites excluding steroid dienone is 2. The first-order valence-corrected chi connectivity index (χ1v) is 3.72. The molecule has 0 heterocycles. The van der Waals surface area contributed by atoms with Crippen molar-refractivity contribution in [1.29, 1.82) is 0 Å². The van der Waals surface area contributed by atoms with Crippen LogP contribution in [0, 0.1) is 10.1 Å². The van der Waals surface area contributed by atoms with Crippen molar-refractivity contribution in [3.63, 3.8) is 0 Å². The maximum Gasteiger partial charge on any atom is 0.306 e. The van der Waals surface area contributed by atoms with Gasteiger partial charge in [-0.05, 0) is 25.5 Å². The fraction of sp³-hybridized carbons (Fsp3) is 0.500. The number of hydrogen-bond acceptors (Lipinski definition) is 3. The minimum Gasteiger partial charge on any atom is -0.490 e. The van der Waals surface area contributed by atoms with Gasteiger partial charge in [0.05, 0.1) is 12.0 Å². The highest BCUT2D eigenvalue weighted by atomic mass is 16.6. The Morgan fingerprint density at radius 2 is 2.25 bits per heavy atom. The van der Waals surface area contributed by atoms with E-state index in [9.17, 15) is 10.1 Å². The highest BCUT2D eigenvalue weighted by molar-refractivity contribution is 5.18. The van der Waals surface area contributed by atoms with Crippen LogP contribution in [0.15, 0.2) is 23.6 Å². The van der Waals surface area contributed by atoms with E-state index in [-0.39, 0.29) is 5.70 Å². The molecular formula is C8H13NO3. The van der Waals surface area contributed by atoms with Gasteiger partial charge in [0.15, 0.2) is 5.76 Å². The van der Waals surface area contributed by atoms with E-state index in [1.807, 2.05) is 6.92 Å². The van der Waals surface area contributed by atoms with Gasteiger partial charge < -0.3 is 4.74 Å². The van der Waals surface area contributed by atoms with Crippen LogP contribution in [0.25, 0.3) is 0 Å². The lowest BCUT2D eigenvalue weighted by Gasteiger charge is -2.01. The number of nitro groups is 1. The molecule has 4 heteroatoms. The molecule has 0 atom stereocenters. The van der Waals surface area contributed by atoms with Crippen molar-refractivity contribution in [3.8, 4) is 0 Å². The molecule has 4 nitrogen and oxygen atoms in total. The van der Waals surface area contributed by atoms with Crippen molar-refractivity contribution < 1.29 is 9.66 Å². The number of ether oxygens (including phenoxy) is 1. The van der Waals surface area contributed by atoms with Crippen LogP contribution in [0.1, 0.15) is 20.3 Å². The average Bonchev–Trinajstić information content (AvgIpc) is 2.03. The zero-order valence-corrected chi connectivity index (χ0v) is 7.53. The standard InChI is InChI=1S/C8H13NO3/c1-4-6-8(12-3)7(5-2)9(10)11/h5-6H,4H2,1-3H3. The molecule has 0 fully saturated rings. The summed E-state index contributed by atoms with van der Waals surface area (Å²) >= 11 is 0. The van der Waals surface area contributed by atoms with Crippen molar-refractivity contribution in [2.75, 3.05) is 7.11 Å². The van der Waals surface area contributed by atoms with Crippen LogP contribution in [0.5, 0.6) is 0 Å². The molecule has 0 aromatic rings. The summed E-state index contributed by atoms with van der Waals surface area (Å²) < 4.78 is 4.86. The molecular weight excluding hydrogens is 158 g/mol. The molecule has 0 bridgehead atoms. The Kier molecular flexibility index (Phi) is 4.76. The summed E-state index contributed by atoms with van der Waals surface area (Å²) in [5.74, 6) is 0.324. The van der Waals surface area contributed by atoms with Gasteiger partial charge >= 0.3 is 5.70 Å². The molecule has 0 radical (unpaired) electrons. The topological polar surface area (TPSA) is 52.4 Å². The third kappa shape index (κ3) is 2.74. The van der Waals surface area contributed by atoms with E-state index in [4.69, 9.17) is 4.74 Å². The molecule has 0 rings (SSSR count). The van der Waals surface area contributed by atoms with Crippen molar-refractivity contribution >= 4 is 0 Å². The van der Waals surface area contributed by atoms with E-state index < -0.39 is 4.92 Å². The summed E-state index contributed by atoms with van der Waals surface area (Å²) in [6.07, 6.45) is 3.82. The van der Waals surface area contributed by atoms with E-state index in [0.717, 1.165) is 0 Å². The van der Waals surface area contributed by atoms with Crippen LogP contribution in [-0.4, -0.2) is 12.0 Å². The summed E-state index contributed by atoms with van der Waals surface area (Å²) in [6.45, 7) is 3.51. The second kappa shape index (κ2) is 5.35. The Hall–Kier alpha value is -1.32. The van der Waals surface area contributed by atoms with E-state index in [1.165, 1.54) is 13.2 Å². The van der Waals surface area contributed by atoms with E-state index in [2.05, 4.69) is 0 Å². The van der Waals surface area contributed by atoms with Crippen LogP contribution in [0.4, 0.5) is 0 Å². The molecule has 12 heavy (non-hydrogen) atoms. The molecule has 68 valence electrons. The smallest absolute Gasteiger partial charge is 0.306 e. The molecule has 0 spiro atoms. The molecule has 0 N–H and O–H groups in total. The molecule has 0 aromatic carbocycles. The predicted molar refractivity (Wildman–Crippen MR) is 46.1 cm³/mol. The van der Waals surface area contributed by atoms with Crippen molar-refractivity contribution in [2.45, 2.75) is 20.3 Å². The van der Waals surface area contributed by atoms with E-state index in [0.29, 0.717) is 12.2 Å². The largest absolute Gasteiger partial charge is 0.490 e. The maximum absolute atomic E-state index is 10.4. The van der Waals surface area contributed by atoms with Gasteiger partial charge in [0.2, 0.25) is 0 Å². The highest BCUT2D eigenvalue weighted by Crippen LogP contribution is 2.11. The van der Waals surface area contributed by atoms with Crippen molar-refractivity contribution in [2.24, 2.45) is 0 Å². The van der Waals surface area contributed by atoms with E-state index in [1.54, 1.807) is 13.0 Å². The van der Waals surface area contributed by atoms with Gasteiger partial charge in [-0.25, -0.2) is 0 Å². The lowest BCUT2D eigenvalue weighted by atomic mass is 10.3. The molecule has 0 unspecified atom stereocenters. The van der Waals surface area contributed by atoms with Gasteiger partial charge in [0, 0.05) is 0 Å². The Labute approximate surface area is 71.7 Å². The Morgan fingerprint density at radius 1 is 1.67 bits per heavy atom. The monoisotopic (exact) mass is 171 g/mol. The van der Waals surface area contributed by atoms with E-state index >= 15 is 0 Å². The Morgan fingerprint density at radius 3 is 2.50 bits per heavy atom. The zero-order valence-electron chi connectivity index (χ0n) is 7.53. The van der Waals surface area contributed by atoms with Gasteiger partial charge in [-0.15, -0.1) is 0 Å². The number of rotatable bonds is 4. The zero-order chi connectivity index (χ0) is 9.56. The SMILES string of the molecule is CC=C(C(=CCC)OC)[N+](=O)[O-]. The summed E-state index contributed by atoms with van der Waals surface area (Å²) in [5.41, 5.74) is 0.0133. The molecule has 0 saturated heterocycles. The first-order valence-electron chi connectivity index (χ1n) is 3.72. The van der Waals surface area contributed by atoms with Crippen LogP contribution in [0.3, 0.4) is 0 Å². The Balaban J connectivity index is 4.70. The van der Waals surface area contributed by atoms with Crippen LogP contribution < -0.4 is 0 Å². The maximum atomic E-state index is 10.4. The lowest BCUT2D eigenvalue weighted by Crippen LogP contribution is -2.03. The molecule has 0 saturated carbocycles. The van der Waals surface area contributed by atoms with Gasteiger partial charge in [-0.2, -0.15) is 0 Å². The normalized spacial score (nSPS) is 12.9. The second-order valence-corrected chi connectivity index (χ2v) is 2.11. The lowest BCUT2D eigenvalue weighted by molar-refractivity contribution is -0.424. The van der Waals surface area contributed by atoms with Crippen LogP contribution in [-0.2, 0) is 4.74 Å². The second-order valence-electron chi connectivity index (χ2n) is 2.11. The van der Waals surface area contributed by atoms with Gasteiger partial charge in [0.1, 0.15) is 0 Å². The molecule has 0 aliphatic rings. The third-order valence-corrected chi connectivity index (χ3v) is 1.33. The molecule has 0 aliphatic heterocycles. The van der Waals surface area contributed by atoms with Crippen molar-refractivity contribution in [1.82, 2.24) is 0 Å². The minimum absolute atomic E-state index is 0.0133. The van der Waals surface area contributed by atoms with Crippen LogP contribution in [0.2, 0.25) is 0 Å². The minimum atomic E-state index is -0.453. The summed E-state index contributed by atoms with van der Waals surface area (Å²) in [4.78, 5) is 9.97. The summed E-state index contributed by atoms with van der Waals surface area (Å²) in [6, 6.07) is 0. The fourth-order valence-corrected chi connectivity index (χ4v) is 0.816. The first kappa shape index (κ1) is 10.7. The quantitative estimate of drug-likeness (QED) is 0.282. The number of hydrogen-bond donors (Lipinski definition) is 0. The van der Waals surface area contributed by atoms with Crippen LogP contribution >= 0.6 is 0 Å². The molecule has 0 amide bonds. The number of methoxy groups -OCH3 is 1. The molecule has 0 aromatic heterocycles. The van der Waals surface area contributed by atoms with Gasteiger partial charge in [-0.1, -0.05) is 6.92 Å². The number of nitrogens with zero attached hydrogens (tertiary/aromatic N) is 1. The summed E-state index contributed by atoms with van der Waals surface area (Å²) in [5, 5.41) is 10.4. The molecule has 0 aliphatic carbocycles. The van der Waals surface area contributed by atoms with Crippen molar-refractivity contribution in [3.05, 3.63) is 33.7 Å². The fourth-order valence-electron chi connectivity index (χ4n) is 0.816. The summed E-state index contributed by atoms with van der Waals surface area (Å²) in [7, 11) is 1.43. The first-order chi connectivity index (χ1) is 5.67. The van der Waals surface area contributed by atoms with Gasteiger partial charge in [0.25, 0.3) is 0 Å². The van der Waals surface area contributed by atoms with Gasteiger partial charge in [-0.3, -0.25) is 10.1 Å². The Bertz CT molecular complexity index is 218.